The second-order valence-electron chi connectivity index (χ2n) is 12.4. The average Bonchev–Trinajstić information content (AvgIpc) is 3.71. The molecule has 6 rings (SSSR count). The number of fused-ring (bicyclic) bond motifs is 3. The Morgan fingerprint density at radius 2 is 1.90 bits per heavy atom. The highest BCUT2D eigenvalue weighted by molar-refractivity contribution is 6.11. The Labute approximate surface area is 274 Å². The molecule has 4 heterocycles. The summed E-state index contributed by atoms with van der Waals surface area (Å²) in [5.41, 5.74) is 0.808. The molecule has 1 saturated heterocycles. The zero-order valence-corrected chi connectivity index (χ0v) is 25.7. The van der Waals surface area contributed by atoms with E-state index in [-0.39, 0.29) is 61.5 Å². The zero-order valence-electron chi connectivity index (χ0n) is 25.7. The summed E-state index contributed by atoms with van der Waals surface area (Å²) in [4.78, 5) is 35.3. The monoisotopic (exact) mass is 667 g/mol. The Morgan fingerprint density at radius 3 is 2.58 bits per heavy atom. The van der Waals surface area contributed by atoms with Gasteiger partial charge in [-0.2, -0.15) is 0 Å². The van der Waals surface area contributed by atoms with Crippen molar-refractivity contribution in [2.24, 2.45) is 0 Å². The normalized spacial score (nSPS) is 28.0. The van der Waals surface area contributed by atoms with Crippen molar-refractivity contribution in [3.05, 3.63) is 70.8 Å². The lowest BCUT2D eigenvalue weighted by atomic mass is 9.86. The van der Waals surface area contributed by atoms with Gasteiger partial charge < -0.3 is 55.3 Å². The van der Waals surface area contributed by atoms with Crippen LogP contribution in [-0.2, 0) is 33.6 Å². The van der Waals surface area contributed by atoms with E-state index in [1.54, 1.807) is 18.3 Å². The van der Waals surface area contributed by atoms with Crippen molar-refractivity contribution in [1.82, 2.24) is 9.97 Å². The minimum absolute atomic E-state index is 0.0256. The number of amides is 1. The predicted octanol–water partition coefficient (Wildman–Crippen LogP) is 0.105. The fourth-order valence-corrected chi connectivity index (χ4v) is 6.99. The molecular weight excluding hydrogens is 630 g/mol. The van der Waals surface area contributed by atoms with E-state index in [9.17, 15) is 50.4 Å². The van der Waals surface area contributed by atoms with Crippen LogP contribution >= 0.6 is 0 Å². The summed E-state index contributed by atoms with van der Waals surface area (Å²) in [6.45, 7) is -1.04. The molecule has 3 aliphatic heterocycles. The van der Waals surface area contributed by atoms with Crippen molar-refractivity contribution < 1.29 is 59.9 Å². The quantitative estimate of drug-likeness (QED) is 0.138. The number of H-pyrrole nitrogens is 1. The first-order valence-electron chi connectivity index (χ1n) is 15.5. The maximum Gasteiger partial charge on any atom is 0.330 e. The molecule has 0 saturated carbocycles. The largest absolute Gasteiger partial charge is 0.508 e. The number of hydrogen-bond donors (Lipinski definition) is 9. The Bertz CT molecular complexity index is 1730. The fourth-order valence-electron chi connectivity index (χ4n) is 6.99. The number of phenols is 2. The van der Waals surface area contributed by atoms with Crippen molar-refractivity contribution in [1.29, 1.82) is 0 Å². The van der Waals surface area contributed by atoms with Crippen molar-refractivity contribution in [3.8, 4) is 17.2 Å². The van der Waals surface area contributed by atoms with Crippen LogP contribution in [0.3, 0.4) is 0 Å². The molecule has 6 atom stereocenters. The molecule has 3 aliphatic rings. The Kier molecular flexibility index (Phi) is 8.93. The van der Waals surface area contributed by atoms with Gasteiger partial charge in [0.2, 0.25) is 5.79 Å². The van der Waals surface area contributed by atoms with E-state index < -0.39 is 60.0 Å². The summed E-state index contributed by atoms with van der Waals surface area (Å²) < 4.78 is 11.8. The predicted molar refractivity (Wildman–Crippen MR) is 166 cm³/mol. The molecule has 1 aromatic heterocycles. The molecular formula is C33H37N3O12. The van der Waals surface area contributed by atoms with E-state index >= 15 is 0 Å². The number of hydrogen-bond acceptors (Lipinski definition) is 12. The van der Waals surface area contributed by atoms with E-state index in [0.29, 0.717) is 23.1 Å². The third kappa shape index (κ3) is 5.57. The first kappa shape index (κ1) is 33.4. The van der Waals surface area contributed by atoms with Crippen molar-refractivity contribution in [2.75, 3.05) is 18.1 Å². The highest BCUT2D eigenvalue weighted by atomic mass is 16.7. The molecule has 9 N–H and O–H groups in total. The number of rotatable bonds is 9. The molecule has 0 bridgehead atoms. The van der Waals surface area contributed by atoms with Gasteiger partial charge >= 0.3 is 5.97 Å². The van der Waals surface area contributed by atoms with Gasteiger partial charge in [0.1, 0.15) is 35.7 Å². The number of carboxylic acids is 1. The number of aromatic amines is 1. The fraction of sp³-hybridized carbons (Fsp3) is 0.424. The standard InChI is InChI=1S/C33H37N3O12/c37-9-1-7-32(31(45)46)13-19-12-23(40)29-21(6-8-33(48-29)30(44)28(43)27(42)24(15-38)47-33)26(19)36(32)25(41)5-3-17-2-4-22(39)18(10-17)11-20-14-34-16-35-20/h2-5,10,12,14,16,24,27-28,30,37-40,42-44H,1,6-9,11,13,15H2,(H,34,35)(H,45,46)/b5-3+/t24-,27-,28+,30-,32-,33+/m1/s1. The molecule has 1 fully saturated rings. The average molecular weight is 668 g/mol. The number of aromatic hydroxyl groups is 2. The van der Waals surface area contributed by atoms with Gasteiger partial charge in [-0.05, 0) is 54.7 Å². The molecule has 0 unspecified atom stereocenters. The zero-order chi connectivity index (χ0) is 34.4. The summed E-state index contributed by atoms with van der Waals surface area (Å²) in [6.07, 6.45) is -0.737. The number of aliphatic hydroxyl groups is 5. The van der Waals surface area contributed by atoms with Gasteiger partial charge in [0.05, 0.1) is 18.6 Å². The van der Waals surface area contributed by atoms with Crippen LogP contribution < -0.4 is 9.64 Å². The number of benzene rings is 2. The summed E-state index contributed by atoms with van der Waals surface area (Å²) in [7, 11) is 0. The number of imidazole rings is 1. The smallest absolute Gasteiger partial charge is 0.330 e. The molecule has 1 spiro atoms. The highest BCUT2D eigenvalue weighted by Crippen LogP contribution is 2.54. The van der Waals surface area contributed by atoms with Gasteiger partial charge in [-0.25, -0.2) is 9.78 Å². The van der Waals surface area contributed by atoms with E-state index in [1.165, 1.54) is 30.6 Å². The van der Waals surface area contributed by atoms with E-state index in [2.05, 4.69) is 9.97 Å². The van der Waals surface area contributed by atoms with Crippen LogP contribution in [0, 0.1) is 0 Å². The molecule has 48 heavy (non-hydrogen) atoms. The molecule has 15 heteroatoms. The molecule has 256 valence electrons. The number of carbonyl (C=O) groups excluding carboxylic acids is 1. The first-order valence-corrected chi connectivity index (χ1v) is 15.5. The third-order valence-corrected chi connectivity index (χ3v) is 9.40. The van der Waals surface area contributed by atoms with Gasteiger partial charge in [-0.1, -0.05) is 6.07 Å². The summed E-state index contributed by atoms with van der Waals surface area (Å²) in [5.74, 6) is -4.62. The Balaban J connectivity index is 1.39. The van der Waals surface area contributed by atoms with E-state index in [0.717, 1.165) is 10.6 Å². The number of nitrogens with one attached hydrogen (secondary N) is 1. The lowest BCUT2D eigenvalue weighted by Gasteiger charge is -2.50. The van der Waals surface area contributed by atoms with Crippen molar-refractivity contribution in [2.45, 2.75) is 74.3 Å². The molecule has 0 aliphatic carbocycles. The summed E-state index contributed by atoms with van der Waals surface area (Å²) in [6, 6.07) is 6.03. The maximum absolute atomic E-state index is 14.1. The first-order chi connectivity index (χ1) is 22.9. The van der Waals surface area contributed by atoms with Crippen LogP contribution in [0.15, 0.2) is 42.9 Å². The number of aromatic nitrogens is 2. The second kappa shape index (κ2) is 12.8. The number of anilines is 1. The van der Waals surface area contributed by atoms with Crippen LogP contribution in [-0.4, -0.2) is 112 Å². The highest BCUT2D eigenvalue weighted by Gasteiger charge is 2.59. The number of carbonyl (C=O) groups is 2. The van der Waals surface area contributed by atoms with Gasteiger partial charge in [-0.15, -0.1) is 0 Å². The van der Waals surface area contributed by atoms with Crippen LogP contribution in [0.25, 0.3) is 6.08 Å². The minimum atomic E-state index is -1.98. The van der Waals surface area contributed by atoms with Gasteiger partial charge in [0.15, 0.2) is 11.5 Å². The molecule has 2 aromatic carbocycles. The van der Waals surface area contributed by atoms with Crippen molar-refractivity contribution >= 4 is 23.6 Å². The van der Waals surface area contributed by atoms with E-state index in [1.807, 2.05) is 0 Å². The van der Waals surface area contributed by atoms with Crippen LogP contribution in [0.1, 0.15) is 47.2 Å². The summed E-state index contributed by atoms with van der Waals surface area (Å²) in [5, 5.41) is 83.2. The number of ether oxygens (including phenoxy) is 2. The summed E-state index contributed by atoms with van der Waals surface area (Å²) >= 11 is 0. The lowest BCUT2D eigenvalue weighted by molar-refractivity contribution is -0.342. The number of phenolic OH excluding ortho intramolecular Hbond substituents is 2. The Hall–Kier alpha value is -4.51. The SMILES string of the molecule is O=C(/C=C/c1ccc(O)c(Cc2cnc[nH]2)c1)N1c2c(cc(O)c3c2CC[C@@]2(O3)O[C@H](CO)[C@@H](O)[C@H](O)[C@H]2O)C[C@]1(CCCO)C(=O)O. The van der Waals surface area contributed by atoms with Crippen LogP contribution in [0.2, 0.25) is 0 Å². The number of nitrogens with zero attached hydrogens (tertiary/aromatic N) is 2. The Morgan fingerprint density at radius 1 is 1.10 bits per heavy atom. The molecule has 15 nitrogen and oxygen atoms in total. The number of aliphatic hydroxyl groups excluding tert-OH is 5. The maximum atomic E-state index is 14.1. The topological polar surface area (TPSA) is 246 Å². The molecule has 3 aromatic rings. The van der Waals surface area contributed by atoms with Gasteiger partial charge in [-0.3, -0.25) is 9.69 Å². The van der Waals surface area contributed by atoms with Crippen LogP contribution in [0.4, 0.5) is 5.69 Å². The lowest BCUT2D eigenvalue weighted by Crippen LogP contribution is -2.68. The molecule has 1 amide bonds. The second-order valence-corrected chi connectivity index (χ2v) is 12.4. The number of aliphatic carboxylic acids is 1. The van der Waals surface area contributed by atoms with Gasteiger partial charge in [0, 0.05) is 55.0 Å². The third-order valence-electron chi connectivity index (χ3n) is 9.40. The van der Waals surface area contributed by atoms with Crippen molar-refractivity contribution in [3.63, 3.8) is 0 Å². The minimum Gasteiger partial charge on any atom is -0.508 e. The molecule has 0 radical (unpaired) electrons. The van der Waals surface area contributed by atoms with E-state index in [4.69, 9.17) is 9.47 Å². The number of carboxylic acid groups (broad SMARTS) is 1. The van der Waals surface area contributed by atoms with Crippen LogP contribution in [0.5, 0.6) is 17.2 Å². The van der Waals surface area contributed by atoms with Gasteiger partial charge in [0.25, 0.3) is 5.91 Å².